The van der Waals surface area contributed by atoms with E-state index in [4.69, 9.17) is 0 Å². The SMILES string of the molecule is CCCCCN(Cc1cccn1Cc1ccccc1)C(=O)[C@H]1C[C@H]1c1ccccc1. The van der Waals surface area contributed by atoms with Gasteiger partial charge in [-0.3, -0.25) is 4.79 Å². The van der Waals surface area contributed by atoms with E-state index in [1.807, 2.05) is 12.1 Å². The van der Waals surface area contributed by atoms with Crippen LogP contribution in [-0.2, 0) is 17.9 Å². The van der Waals surface area contributed by atoms with Crippen LogP contribution in [0.2, 0.25) is 0 Å². The van der Waals surface area contributed by atoms with Crippen molar-refractivity contribution in [2.45, 2.75) is 51.6 Å². The molecular formula is C27H32N2O. The maximum atomic E-state index is 13.4. The molecule has 2 atom stereocenters. The number of hydrogen-bond acceptors (Lipinski definition) is 1. The highest BCUT2D eigenvalue weighted by Gasteiger charge is 2.45. The molecule has 3 heteroatoms. The van der Waals surface area contributed by atoms with Crippen molar-refractivity contribution in [3.63, 3.8) is 0 Å². The van der Waals surface area contributed by atoms with Crippen LogP contribution in [-0.4, -0.2) is 21.9 Å². The van der Waals surface area contributed by atoms with E-state index in [-0.39, 0.29) is 5.92 Å². The quantitative estimate of drug-likeness (QED) is 0.391. The highest BCUT2D eigenvalue weighted by atomic mass is 16.2. The van der Waals surface area contributed by atoms with E-state index in [2.05, 4.69) is 83.3 Å². The van der Waals surface area contributed by atoms with Crippen LogP contribution in [0.25, 0.3) is 0 Å². The Morgan fingerprint density at radius 2 is 1.70 bits per heavy atom. The average molecular weight is 401 g/mol. The molecule has 0 bridgehead atoms. The van der Waals surface area contributed by atoms with Crippen LogP contribution < -0.4 is 0 Å². The van der Waals surface area contributed by atoms with E-state index in [9.17, 15) is 4.79 Å². The lowest BCUT2D eigenvalue weighted by molar-refractivity contribution is -0.133. The standard InChI is InChI=1S/C27H32N2O/c1-2-3-10-17-29(27(30)26-19-25(26)23-14-8-5-9-15-23)21-24-16-11-18-28(24)20-22-12-6-4-7-13-22/h4-9,11-16,18,25-26H,2-3,10,17,19-21H2,1H3/t25-,26-/m0/s1. The zero-order valence-electron chi connectivity index (χ0n) is 17.9. The number of aromatic nitrogens is 1. The number of amides is 1. The fourth-order valence-corrected chi connectivity index (χ4v) is 4.31. The van der Waals surface area contributed by atoms with Crippen molar-refractivity contribution in [3.8, 4) is 0 Å². The number of hydrogen-bond donors (Lipinski definition) is 0. The highest BCUT2D eigenvalue weighted by Crippen LogP contribution is 2.48. The summed E-state index contributed by atoms with van der Waals surface area (Å²) >= 11 is 0. The second kappa shape index (κ2) is 9.80. The Bertz CT molecular complexity index is 932. The Labute approximate surface area is 180 Å². The van der Waals surface area contributed by atoms with E-state index in [1.165, 1.54) is 29.7 Å². The summed E-state index contributed by atoms with van der Waals surface area (Å²) in [5, 5.41) is 0. The second-order valence-electron chi connectivity index (χ2n) is 8.44. The Morgan fingerprint density at radius 1 is 0.967 bits per heavy atom. The molecule has 0 saturated heterocycles. The van der Waals surface area contributed by atoms with E-state index < -0.39 is 0 Å². The van der Waals surface area contributed by atoms with Crippen LogP contribution >= 0.6 is 0 Å². The molecule has 30 heavy (non-hydrogen) atoms. The molecule has 1 amide bonds. The molecule has 2 aromatic carbocycles. The van der Waals surface area contributed by atoms with Gasteiger partial charge in [-0.05, 0) is 42.0 Å². The van der Waals surface area contributed by atoms with Gasteiger partial charge in [-0.15, -0.1) is 0 Å². The molecule has 0 N–H and O–H groups in total. The first-order chi connectivity index (χ1) is 14.8. The summed E-state index contributed by atoms with van der Waals surface area (Å²) in [6, 6.07) is 25.3. The lowest BCUT2D eigenvalue weighted by atomic mass is 10.1. The van der Waals surface area contributed by atoms with Gasteiger partial charge in [0.2, 0.25) is 5.91 Å². The minimum atomic E-state index is 0.145. The minimum absolute atomic E-state index is 0.145. The van der Waals surface area contributed by atoms with Gasteiger partial charge in [0, 0.05) is 30.9 Å². The van der Waals surface area contributed by atoms with Gasteiger partial charge in [-0.1, -0.05) is 80.4 Å². The summed E-state index contributed by atoms with van der Waals surface area (Å²) < 4.78 is 2.27. The molecule has 0 spiro atoms. The van der Waals surface area contributed by atoms with Crippen molar-refractivity contribution in [2.75, 3.05) is 6.54 Å². The molecule has 1 aromatic heterocycles. The van der Waals surface area contributed by atoms with Crippen molar-refractivity contribution in [3.05, 3.63) is 95.8 Å². The normalized spacial score (nSPS) is 17.6. The summed E-state index contributed by atoms with van der Waals surface area (Å²) in [5.74, 6) is 0.863. The van der Waals surface area contributed by atoms with Crippen molar-refractivity contribution in [2.24, 2.45) is 5.92 Å². The third-order valence-electron chi connectivity index (χ3n) is 6.15. The van der Waals surface area contributed by atoms with Crippen LogP contribution in [0.15, 0.2) is 79.0 Å². The molecule has 0 unspecified atom stereocenters. The van der Waals surface area contributed by atoms with Crippen molar-refractivity contribution < 1.29 is 4.79 Å². The highest BCUT2D eigenvalue weighted by molar-refractivity contribution is 5.83. The Hall–Kier alpha value is -2.81. The first kappa shape index (κ1) is 20.5. The number of nitrogens with zero attached hydrogens (tertiary/aromatic N) is 2. The Balaban J connectivity index is 1.45. The molecule has 3 aromatic rings. The number of unbranched alkanes of at least 4 members (excludes halogenated alkanes) is 2. The molecule has 0 radical (unpaired) electrons. The lowest BCUT2D eigenvalue weighted by Crippen LogP contribution is -2.34. The van der Waals surface area contributed by atoms with Gasteiger partial charge in [0.05, 0.1) is 6.54 Å². The van der Waals surface area contributed by atoms with Crippen molar-refractivity contribution >= 4 is 5.91 Å². The topological polar surface area (TPSA) is 25.2 Å². The van der Waals surface area contributed by atoms with E-state index in [1.54, 1.807) is 0 Å². The van der Waals surface area contributed by atoms with E-state index >= 15 is 0 Å². The number of carbonyl (C=O) groups excluding carboxylic acids is 1. The molecule has 0 aliphatic heterocycles. The lowest BCUT2D eigenvalue weighted by Gasteiger charge is -2.24. The molecule has 1 saturated carbocycles. The van der Waals surface area contributed by atoms with E-state index in [0.29, 0.717) is 18.4 Å². The van der Waals surface area contributed by atoms with Crippen LogP contribution in [0.5, 0.6) is 0 Å². The monoisotopic (exact) mass is 400 g/mol. The predicted molar refractivity (Wildman–Crippen MR) is 122 cm³/mol. The second-order valence-corrected chi connectivity index (χ2v) is 8.44. The molecule has 1 heterocycles. The minimum Gasteiger partial charge on any atom is -0.345 e. The summed E-state index contributed by atoms with van der Waals surface area (Å²) in [4.78, 5) is 15.5. The molecular weight excluding hydrogens is 368 g/mol. The molecule has 4 rings (SSSR count). The summed E-state index contributed by atoms with van der Waals surface area (Å²) in [7, 11) is 0. The molecule has 1 aliphatic carbocycles. The van der Waals surface area contributed by atoms with Gasteiger partial charge in [-0.2, -0.15) is 0 Å². The van der Waals surface area contributed by atoms with Gasteiger partial charge in [0.25, 0.3) is 0 Å². The smallest absolute Gasteiger partial charge is 0.226 e. The van der Waals surface area contributed by atoms with Gasteiger partial charge < -0.3 is 9.47 Å². The Kier molecular flexibility index (Phi) is 6.68. The fourth-order valence-electron chi connectivity index (χ4n) is 4.31. The third kappa shape index (κ3) is 5.02. The summed E-state index contributed by atoms with van der Waals surface area (Å²) in [5.41, 5.74) is 3.79. The van der Waals surface area contributed by atoms with Gasteiger partial charge in [0.1, 0.15) is 0 Å². The molecule has 1 aliphatic rings. The fraction of sp³-hybridized carbons (Fsp3) is 0.370. The largest absolute Gasteiger partial charge is 0.345 e. The maximum Gasteiger partial charge on any atom is 0.226 e. The molecule has 156 valence electrons. The number of benzene rings is 2. The van der Waals surface area contributed by atoms with Crippen LogP contribution in [0.3, 0.4) is 0 Å². The van der Waals surface area contributed by atoms with Gasteiger partial charge in [-0.25, -0.2) is 0 Å². The van der Waals surface area contributed by atoms with Crippen molar-refractivity contribution in [1.29, 1.82) is 0 Å². The average Bonchev–Trinajstić information content (AvgIpc) is 3.48. The van der Waals surface area contributed by atoms with Crippen LogP contribution in [0, 0.1) is 5.92 Å². The van der Waals surface area contributed by atoms with E-state index in [0.717, 1.165) is 25.9 Å². The Morgan fingerprint density at radius 3 is 2.43 bits per heavy atom. The summed E-state index contributed by atoms with van der Waals surface area (Å²) in [6.45, 7) is 4.60. The first-order valence-corrected chi connectivity index (χ1v) is 11.3. The van der Waals surface area contributed by atoms with Gasteiger partial charge >= 0.3 is 0 Å². The number of rotatable bonds is 10. The zero-order chi connectivity index (χ0) is 20.8. The first-order valence-electron chi connectivity index (χ1n) is 11.3. The maximum absolute atomic E-state index is 13.4. The van der Waals surface area contributed by atoms with Gasteiger partial charge in [0.15, 0.2) is 0 Å². The zero-order valence-corrected chi connectivity index (χ0v) is 17.9. The predicted octanol–water partition coefficient (Wildman–Crippen LogP) is 5.86. The van der Waals surface area contributed by atoms with Crippen LogP contribution in [0.4, 0.5) is 0 Å². The summed E-state index contributed by atoms with van der Waals surface area (Å²) in [6.07, 6.45) is 6.52. The van der Waals surface area contributed by atoms with Crippen LogP contribution in [0.1, 0.15) is 55.3 Å². The number of carbonyl (C=O) groups is 1. The van der Waals surface area contributed by atoms with Crippen molar-refractivity contribution in [1.82, 2.24) is 9.47 Å². The molecule has 1 fully saturated rings. The molecule has 3 nitrogen and oxygen atoms in total. The third-order valence-corrected chi connectivity index (χ3v) is 6.15.